The lowest BCUT2D eigenvalue weighted by Gasteiger charge is -2.37. The fraction of sp³-hybridized carbons (Fsp3) is 0.529. The summed E-state index contributed by atoms with van der Waals surface area (Å²) in [7, 11) is 4.04. The molecule has 1 aliphatic heterocycles. The quantitative estimate of drug-likeness (QED) is 0.761. The Bertz CT molecular complexity index is 758. The first-order valence-electron chi connectivity index (χ1n) is 8.70. The van der Waals surface area contributed by atoms with Crippen LogP contribution in [-0.2, 0) is 7.05 Å². The minimum absolute atomic E-state index is 0.210. The molecule has 2 amide bonds. The van der Waals surface area contributed by atoms with Crippen LogP contribution in [0.15, 0.2) is 18.5 Å². The molecular weight excluding hydrogens is 368 g/mol. The summed E-state index contributed by atoms with van der Waals surface area (Å²) in [6.07, 6.45) is 6.07. The molecule has 0 aromatic carbocycles. The van der Waals surface area contributed by atoms with E-state index in [1.807, 2.05) is 33.3 Å². The summed E-state index contributed by atoms with van der Waals surface area (Å²) in [5.41, 5.74) is 2.09. The van der Waals surface area contributed by atoms with E-state index in [1.165, 1.54) is 17.0 Å². The number of carbonyl (C=O) groups excluding carboxylic acids is 1. The Morgan fingerprint density at radius 1 is 1.42 bits per heavy atom. The van der Waals surface area contributed by atoms with Crippen LogP contribution in [0.4, 0.5) is 15.5 Å². The number of rotatable bonds is 5. The minimum atomic E-state index is -0.210. The number of hydrogen-bond acceptors (Lipinski definition) is 6. The van der Waals surface area contributed by atoms with Crippen LogP contribution in [0.2, 0.25) is 0 Å². The van der Waals surface area contributed by atoms with Gasteiger partial charge in [-0.1, -0.05) is 0 Å². The molecule has 1 atom stereocenters. The van der Waals surface area contributed by atoms with Gasteiger partial charge in [-0.05, 0) is 51.9 Å². The fourth-order valence-corrected chi connectivity index (χ4v) is 4.85. The van der Waals surface area contributed by atoms with E-state index < -0.39 is 0 Å². The average Bonchev–Trinajstić information content (AvgIpc) is 3.13. The van der Waals surface area contributed by atoms with E-state index in [9.17, 15) is 4.79 Å². The second-order valence-corrected chi connectivity index (χ2v) is 8.81. The topological polar surface area (TPSA) is 65.4 Å². The summed E-state index contributed by atoms with van der Waals surface area (Å²) in [5, 5.41) is 8.12. The van der Waals surface area contributed by atoms with Crippen LogP contribution in [0.1, 0.15) is 23.3 Å². The highest BCUT2D eigenvalue weighted by molar-refractivity contribution is 7.99. The highest BCUT2D eigenvalue weighted by atomic mass is 32.2. The summed E-state index contributed by atoms with van der Waals surface area (Å²) in [6, 6.07) is 2.19. The Balaban J connectivity index is 1.65. The number of aromatic nitrogens is 2. The van der Waals surface area contributed by atoms with Crippen molar-refractivity contribution in [2.24, 2.45) is 7.05 Å². The molecule has 2 aromatic rings. The predicted molar refractivity (Wildman–Crippen MR) is 110 cm³/mol. The Morgan fingerprint density at radius 3 is 2.85 bits per heavy atom. The van der Waals surface area contributed by atoms with Gasteiger partial charge in [0.2, 0.25) is 0 Å². The summed E-state index contributed by atoms with van der Waals surface area (Å²) in [4.78, 5) is 15.9. The highest BCUT2D eigenvalue weighted by Gasteiger charge is 2.26. The van der Waals surface area contributed by atoms with Crippen LogP contribution in [0, 0.1) is 13.8 Å². The number of nitrogens with zero attached hydrogens (tertiary/aromatic N) is 4. The molecule has 0 saturated carbocycles. The smallest absolute Gasteiger partial charge is 0.304 e. The molecule has 9 heteroatoms. The maximum absolute atomic E-state index is 12.4. The molecule has 0 bridgehead atoms. The van der Waals surface area contributed by atoms with Crippen molar-refractivity contribution in [1.29, 1.82) is 0 Å². The van der Waals surface area contributed by atoms with Crippen molar-refractivity contribution in [3.8, 4) is 0 Å². The molecule has 26 heavy (non-hydrogen) atoms. The van der Waals surface area contributed by atoms with E-state index in [2.05, 4.69) is 37.5 Å². The number of thiophene rings is 1. The number of anilines is 2. The van der Waals surface area contributed by atoms with Crippen molar-refractivity contribution in [3.05, 3.63) is 28.9 Å². The van der Waals surface area contributed by atoms with E-state index in [-0.39, 0.29) is 6.03 Å². The molecule has 2 aromatic heterocycles. The van der Waals surface area contributed by atoms with Gasteiger partial charge in [-0.25, -0.2) is 4.79 Å². The summed E-state index contributed by atoms with van der Waals surface area (Å²) >= 11 is 2.92. The maximum Gasteiger partial charge on any atom is 0.331 e. The van der Waals surface area contributed by atoms with Crippen LogP contribution in [-0.4, -0.2) is 46.9 Å². The number of likely N-dealkylation sites (N-methyl/N-ethyl adjacent to an activating group) is 1. The van der Waals surface area contributed by atoms with E-state index in [0.29, 0.717) is 6.04 Å². The third kappa shape index (κ3) is 4.72. The standard InChI is InChI=1S/C17H26N6OS2/c1-12-8-13(2)25-16(12)19-17(24)20-26-23(15-9-18-22(4)11-15)14-6-5-7-21(3)10-14/h8-9,11,14H,5-7,10H2,1-4H3,(H2,19,20,24). The first-order valence-corrected chi connectivity index (χ1v) is 10.3. The fourth-order valence-electron chi connectivity index (χ4n) is 3.18. The number of nitrogens with one attached hydrogen (secondary N) is 2. The van der Waals surface area contributed by atoms with Crippen LogP contribution in [0.25, 0.3) is 0 Å². The molecule has 3 heterocycles. The second kappa shape index (κ2) is 8.32. The number of likely N-dealkylation sites (tertiary alicyclic amines) is 1. The van der Waals surface area contributed by atoms with Crippen molar-refractivity contribution < 1.29 is 4.79 Å². The van der Waals surface area contributed by atoms with Gasteiger partial charge < -0.3 is 4.90 Å². The molecular formula is C17H26N6OS2. The Morgan fingerprint density at radius 2 is 2.23 bits per heavy atom. The van der Waals surface area contributed by atoms with Crippen LogP contribution in [0.5, 0.6) is 0 Å². The van der Waals surface area contributed by atoms with Crippen LogP contribution in [0.3, 0.4) is 0 Å². The third-order valence-electron chi connectivity index (χ3n) is 4.38. The summed E-state index contributed by atoms with van der Waals surface area (Å²) in [6.45, 7) is 6.13. The molecule has 0 spiro atoms. The van der Waals surface area contributed by atoms with Crippen molar-refractivity contribution in [2.45, 2.75) is 32.7 Å². The van der Waals surface area contributed by atoms with E-state index in [1.54, 1.807) is 16.0 Å². The van der Waals surface area contributed by atoms with Gasteiger partial charge in [0, 0.05) is 24.7 Å². The monoisotopic (exact) mass is 394 g/mol. The van der Waals surface area contributed by atoms with Gasteiger partial charge >= 0.3 is 6.03 Å². The first-order chi connectivity index (χ1) is 12.4. The molecule has 0 aliphatic carbocycles. The number of hydrogen-bond donors (Lipinski definition) is 2. The first kappa shape index (κ1) is 19.1. The molecule has 7 nitrogen and oxygen atoms in total. The zero-order valence-corrected chi connectivity index (χ0v) is 17.3. The minimum Gasteiger partial charge on any atom is -0.304 e. The van der Waals surface area contributed by atoms with Gasteiger partial charge in [-0.2, -0.15) is 5.10 Å². The molecule has 1 aliphatic rings. The van der Waals surface area contributed by atoms with Crippen LogP contribution < -0.4 is 14.3 Å². The number of urea groups is 1. The van der Waals surface area contributed by atoms with Gasteiger partial charge in [0.05, 0.1) is 35.1 Å². The Labute approximate surface area is 163 Å². The lowest BCUT2D eigenvalue weighted by molar-refractivity contribution is 0.253. The number of carbonyl (C=O) groups is 1. The Kier molecular flexibility index (Phi) is 6.10. The van der Waals surface area contributed by atoms with Gasteiger partial charge in [-0.15, -0.1) is 11.3 Å². The van der Waals surface area contributed by atoms with Crippen molar-refractivity contribution >= 4 is 40.2 Å². The zero-order chi connectivity index (χ0) is 18.7. The molecule has 142 valence electrons. The summed E-state index contributed by atoms with van der Waals surface area (Å²) < 4.78 is 6.88. The zero-order valence-electron chi connectivity index (χ0n) is 15.7. The van der Waals surface area contributed by atoms with Crippen molar-refractivity contribution in [1.82, 2.24) is 19.4 Å². The van der Waals surface area contributed by atoms with E-state index >= 15 is 0 Å². The predicted octanol–water partition coefficient (Wildman–Crippen LogP) is 3.38. The molecule has 2 N–H and O–H groups in total. The summed E-state index contributed by atoms with van der Waals surface area (Å²) in [5.74, 6) is 0. The van der Waals surface area contributed by atoms with Crippen LogP contribution >= 0.6 is 23.5 Å². The highest BCUT2D eigenvalue weighted by Crippen LogP contribution is 2.29. The second-order valence-electron chi connectivity index (χ2n) is 6.77. The molecule has 0 radical (unpaired) electrons. The SMILES string of the molecule is Cc1cc(C)c(NC(=O)NSN(c2cnn(C)c2)C2CCCN(C)C2)s1. The van der Waals surface area contributed by atoms with Crippen molar-refractivity contribution in [2.75, 3.05) is 29.8 Å². The normalized spacial score (nSPS) is 17.9. The molecule has 3 rings (SSSR count). The third-order valence-corrected chi connectivity index (χ3v) is 6.43. The van der Waals surface area contributed by atoms with Gasteiger partial charge in [0.25, 0.3) is 0 Å². The average molecular weight is 395 g/mol. The number of aryl methyl sites for hydroxylation is 3. The molecule has 1 saturated heterocycles. The maximum atomic E-state index is 12.4. The van der Waals surface area contributed by atoms with Gasteiger partial charge in [0.15, 0.2) is 0 Å². The largest absolute Gasteiger partial charge is 0.331 e. The lowest BCUT2D eigenvalue weighted by Crippen LogP contribution is -2.45. The molecule has 1 unspecified atom stereocenters. The number of amides is 2. The lowest BCUT2D eigenvalue weighted by atomic mass is 10.1. The Hall–Kier alpha value is -1.71. The van der Waals surface area contributed by atoms with E-state index in [0.717, 1.165) is 42.2 Å². The number of piperidine rings is 1. The van der Waals surface area contributed by atoms with Crippen molar-refractivity contribution in [3.63, 3.8) is 0 Å². The van der Waals surface area contributed by atoms with E-state index in [4.69, 9.17) is 0 Å². The van der Waals surface area contributed by atoms with Gasteiger partial charge in [-0.3, -0.25) is 19.0 Å². The van der Waals surface area contributed by atoms with Gasteiger partial charge in [0.1, 0.15) is 0 Å². The molecule has 1 fully saturated rings.